The van der Waals surface area contributed by atoms with Crippen molar-refractivity contribution in [2.75, 3.05) is 28.4 Å². The Hall–Kier alpha value is -2.56. The number of hydrogen-bond acceptors (Lipinski definition) is 4. The molecule has 116 valence electrons. The normalized spacial score (nSPS) is 11.0. The molecule has 0 unspecified atom stereocenters. The second-order valence-corrected chi connectivity index (χ2v) is 5.03. The highest BCUT2D eigenvalue weighted by molar-refractivity contribution is 6.14. The predicted octanol–water partition coefficient (Wildman–Crippen LogP) is 3.66. The molecular weight excluding hydrogens is 282 g/mol. The van der Waals surface area contributed by atoms with E-state index in [0.29, 0.717) is 17.2 Å². The van der Waals surface area contributed by atoms with Crippen LogP contribution in [-0.4, -0.2) is 33.4 Å². The molecule has 5 nitrogen and oxygen atoms in total. The van der Waals surface area contributed by atoms with E-state index >= 15 is 0 Å². The number of aromatic amines is 1. The van der Waals surface area contributed by atoms with E-state index in [-0.39, 0.29) is 0 Å². The van der Waals surface area contributed by atoms with Crippen molar-refractivity contribution in [2.24, 2.45) is 0 Å². The zero-order valence-electron chi connectivity index (χ0n) is 13.4. The van der Waals surface area contributed by atoms with E-state index in [1.807, 2.05) is 19.1 Å². The molecule has 3 aromatic rings. The van der Waals surface area contributed by atoms with Crippen LogP contribution in [0.5, 0.6) is 23.0 Å². The number of hydrogen-bond donors (Lipinski definition) is 1. The third kappa shape index (κ3) is 1.85. The molecule has 0 bridgehead atoms. The molecule has 0 aliphatic heterocycles. The van der Waals surface area contributed by atoms with Gasteiger partial charge in [0.2, 0.25) is 5.75 Å². The first kappa shape index (κ1) is 14.4. The van der Waals surface area contributed by atoms with Crippen LogP contribution in [-0.2, 0) is 0 Å². The van der Waals surface area contributed by atoms with Crippen molar-refractivity contribution in [3.63, 3.8) is 0 Å². The summed E-state index contributed by atoms with van der Waals surface area (Å²) in [5, 5.41) is 1.98. The van der Waals surface area contributed by atoms with Gasteiger partial charge in [-0.05, 0) is 12.5 Å². The van der Waals surface area contributed by atoms with Gasteiger partial charge in [-0.2, -0.15) is 0 Å². The Morgan fingerprint density at radius 3 is 2.09 bits per heavy atom. The van der Waals surface area contributed by atoms with Crippen molar-refractivity contribution < 1.29 is 18.9 Å². The van der Waals surface area contributed by atoms with Gasteiger partial charge < -0.3 is 23.9 Å². The molecule has 1 heterocycles. The minimum atomic E-state index is 0.581. The molecule has 22 heavy (non-hydrogen) atoms. The van der Waals surface area contributed by atoms with Crippen molar-refractivity contribution in [3.8, 4) is 23.0 Å². The van der Waals surface area contributed by atoms with Crippen molar-refractivity contribution in [2.45, 2.75) is 6.92 Å². The number of fused-ring (bicyclic) bond motifs is 3. The van der Waals surface area contributed by atoms with Crippen molar-refractivity contribution in [1.29, 1.82) is 0 Å². The number of nitrogens with one attached hydrogen (secondary N) is 1. The molecule has 0 saturated heterocycles. The molecule has 1 aromatic heterocycles. The van der Waals surface area contributed by atoms with E-state index in [9.17, 15) is 0 Å². The maximum atomic E-state index is 5.60. The van der Waals surface area contributed by atoms with Crippen molar-refractivity contribution >= 4 is 21.8 Å². The predicted molar refractivity (Wildman–Crippen MR) is 86.7 cm³/mol. The fourth-order valence-corrected chi connectivity index (χ4v) is 2.94. The number of aryl methyl sites for hydroxylation is 1. The lowest BCUT2D eigenvalue weighted by molar-refractivity contribution is 0.327. The Balaban J connectivity index is 2.51. The molecule has 0 aliphatic carbocycles. The summed E-state index contributed by atoms with van der Waals surface area (Å²) in [4.78, 5) is 3.40. The second-order valence-electron chi connectivity index (χ2n) is 5.03. The average Bonchev–Trinajstić information content (AvgIpc) is 2.90. The topological polar surface area (TPSA) is 52.7 Å². The molecule has 3 rings (SSSR count). The van der Waals surface area contributed by atoms with Gasteiger partial charge >= 0.3 is 0 Å². The third-order valence-electron chi connectivity index (χ3n) is 3.92. The number of methoxy groups -OCH3 is 4. The Morgan fingerprint density at radius 2 is 1.50 bits per heavy atom. The Labute approximate surface area is 128 Å². The SMILES string of the molecule is COc1cc2[nH]c3c(OC)c(C)ccc3c2c(OC)c1OC. The molecular formula is C17H19NO4. The number of ether oxygens (including phenoxy) is 4. The van der Waals surface area contributed by atoms with Gasteiger partial charge in [0.1, 0.15) is 5.75 Å². The third-order valence-corrected chi connectivity index (χ3v) is 3.92. The Morgan fingerprint density at radius 1 is 0.818 bits per heavy atom. The molecule has 0 radical (unpaired) electrons. The minimum Gasteiger partial charge on any atom is -0.494 e. The molecule has 0 aliphatic rings. The van der Waals surface area contributed by atoms with Gasteiger partial charge in [-0.15, -0.1) is 0 Å². The van der Waals surface area contributed by atoms with Gasteiger partial charge in [-0.1, -0.05) is 12.1 Å². The summed E-state index contributed by atoms with van der Waals surface area (Å²) in [5.74, 6) is 2.68. The maximum absolute atomic E-state index is 5.60. The van der Waals surface area contributed by atoms with Gasteiger partial charge in [0, 0.05) is 11.5 Å². The van der Waals surface area contributed by atoms with E-state index < -0.39 is 0 Å². The second kappa shape index (κ2) is 5.33. The molecule has 0 saturated carbocycles. The smallest absolute Gasteiger partial charge is 0.204 e. The molecule has 0 spiro atoms. The highest BCUT2D eigenvalue weighted by Gasteiger charge is 2.21. The molecule has 0 amide bonds. The van der Waals surface area contributed by atoms with Crippen LogP contribution >= 0.6 is 0 Å². The summed E-state index contributed by atoms with van der Waals surface area (Å²) in [6.07, 6.45) is 0. The summed E-state index contributed by atoms with van der Waals surface area (Å²) >= 11 is 0. The standard InChI is InChI=1S/C17H19NO4/c1-9-6-7-10-13-11(18-14(10)15(9)20-3)8-12(19-2)16(21-4)17(13)22-5/h6-8,18H,1-5H3. The highest BCUT2D eigenvalue weighted by Crippen LogP contribution is 2.47. The quantitative estimate of drug-likeness (QED) is 0.799. The monoisotopic (exact) mass is 301 g/mol. The zero-order chi connectivity index (χ0) is 15.9. The first-order valence-corrected chi connectivity index (χ1v) is 6.94. The minimum absolute atomic E-state index is 0.581. The average molecular weight is 301 g/mol. The van der Waals surface area contributed by atoms with Crippen LogP contribution in [0.1, 0.15) is 5.56 Å². The maximum Gasteiger partial charge on any atom is 0.204 e. The van der Waals surface area contributed by atoms with Gasteiger partial charge in [0.05, 0.1) is 44.9 Å². The Bertz CT molecular complexity index is 851. The van der Waals surface area contributed by atoms with E-state index in [2.05, 4.69) is 11.1 Å². The summed E-state index contributed by atoms with van der Waals surface area (Å²) in [6, 6.07) is 6.00. The van der Waals surface area contributed by atoms with E-state index in [0.717, 1.165) is 33.1 Å². The van der Waals surface area contributed by atoms with Gasteiger partial charge in [-0.25, -0.2) is 0 Å². The van der Waals surface area contributed by atoms with Crippen LogP contribution in [0.4, 0.5) is 0 Å². The fraction of sp³-hybridized carbons (Fsp3) is 0.294. The van der Waals surface area contributed by atoms with Crippen LogP contribution in [0.3, 0.4) is 0 Å². The number of aromatic nitrogens is 1. The lowest BCUT2D eigenvalue weighted by Gasteiger charge is -2.13. The summed E-state index contributed by atoms with van der Waals surface area (Å²) < 4.78 is 22.0. The Kier molecular flexibility index (Phi) is 3.48. The molecule has 0 atom stereocenters. The summed E-state index contributed by atoms with van der Waals surface area (Å²) in [6.45, 7) is 2.02. The van der Waals surface area contributed by atoms with Crippen LogP contribution in [0, 0.1) is 6.92 Å². The molecule has 1 N–H and O–H groups in total. The first-order chi connectivity index (χ1) is 10.7. The molecule has 0 fully saturated rings. The van der Waals surface area contributed by atoms with Crippen molar-refractivity contribution in [3.05, 3.63) is 23.8 Å². The number of benzene rings is 2. The van der Waals surface area contributed by atoms with Crippen LogP contribution < -0.4 is 18.9 Å². The fourth-order valence-electron chi connectivity index (χ4n) is 2.94. The van der Waals surface area contributed by atoms with Crippen LogP contribution in [0.25, 0.3) is 21.8 Å². The van der Waals surface area contributed by atoms with Gasteiger partial charge in [0.15, 0.2) is 11.5 Å². The van der Waals surface area contributed by atoms with Gasteiger partial charge in [-0.3, -0.25) is 0 Å². The van der Waals surface area contributed by atoms with E-state index in [1.54, 1.807) is 28.4 Å². The number of H-pyrrole nitrogens is 1. The lowest BCUT2D eigenvalue weighted by Crippen LogP contribution is -1.95. The van der Waals surface area contributed by atoms with Gasteiger partial charge in [0.25, 0.3) is 0 Å². The first-order valence-electron chi connectivity index (χ1n) is 6.94. The van der Waals surface area contributed by atoms with E-state index in [1.165, 1.54) is 0 Å². The van der Waals surface area contributed by atoms with Crippen molar-refractivity contribution in [1.82, 2.24) is 4.98 Å². The lowest BCUT2D eigenvalue weighted by atomic mass is 10.1. The zero-order valence-corrected chi connectivity index (χ0v) is 13.4. The molecule has 2 aromatic carbocycles. The largest absolute Gasteiger partial charge is 0.494 e. The summed E-state index contributed by atoms with van der Waals surface area (Å²) in [5.41, 5.74) is 2.92. The van der Waals surface area contributed by atoms with Crippen LogP contribution in [0.2, 0.25) is 0 Å². The molecule has 5 heteroatoms. The van der Waals surface area contributed by atoms with E-state index in [4.69, 9.17) is 18.9 Å². The summed E-state index contributed by atoms with van der Waals surface area (Å²) in [7, 11) is 6.51. The number of rotatable bonds is 4. The van der Waals surface area contributed by atoms with Crippen LogP contribution in [0.15, 0.2) is 18.2 Å². The highest BCUT2D eigenvalue weighted by atomic mass is 16.5.